The normalized spacial score (nSPS) is 21.7. The highest BCUT2D eigenvalue weighted by Crippen LogP contribution is 2.37. The second-order valence-corrected chi connectivity index (χ2v) is 9.83. The third-order valence-corrected chi connectivity index (χ3v) is 7.49. The van der Waals surface area contributed by atoms with Gasteiger partial charge in [-0.25, -0.2) is 0 Å². The SMILES string of the molecule is CC1(C(=O)NC2CCCCC2)Cn2c(ccc2-c2ccco2)C(=O)N1Cc1ccc2c(c1)OCO2. The summed E-state index contributed by atoms with van der Waals surface area (Å²) in [5.74, 6) is 1.71. The predicted octanol–water partition coefficient (Wildman–Crippen LogP) is 4.34. The first-order chi connectivity index (χ1) is 17.0. The Labute approximate surface area is 203 Å². The summed E-state index contributed by atoms with van der Waals surface area (Å²) in [7, 11) is 0. The van der Waals surface area contributed by atoms with Gasteiger partial charge in [0.25, 0.3) is 5.91 Å². The fourth-order valence-corrected chi connectivity index (χ4v) is 5.47. The molecule has 1 aromatic carbocycles. The summed E-state index contributed by atoms with van der Waals surface area (Å²) in [6.45, 7) is 2.67. The van der Waals surface area contributed by atoms with Gasteiger partial charge in [-0.15, -0.1) is 0 Å². The van der Waals surface area contributed by atoms with E-state index < -0.39 is 5.54 Å². The minimum absolute atomic E-state index is 0.122. The average Bonchev–Trinajstić information content (AvgIpc) is 3.62. The van der Waals surface area contributed by atoms with E-state index in [1.807, 2.05) is 54.0 Å². The van der Waals surface area contributed by atoms with Gasteiger partial charge in [0.1, 0.15) is 17.0 Å². The van der Waals surface area contributed by atoms with Gasteiger partial charge in [0, 0.05) is 12.6 Å². The topological polar surface area (TPSA) is 85.9 Å². The fourth-order valence-electron chi connectivity index (χ4n) is 5.47. The standard InChI is InChI=1S/C27H29N3O5/c1-27(26(32)28-19-6-3-2-4-7-19)16-29-20(22-8-5-13-33-22)10-11-21(29)25(31)30(27)15-18-9-12-23-24(14-18)35-17-34-23/h5,8-14,19H,2-4,6-7,15-17H2,1H3,(H,28,32). The number of furan rings is 1. The lowest BCUT2D eigenvalue weighted by molar-refractivity contribution is -0.134. The summed E-state index contributed by atoms with van der Waals surface area (Å²) in [6.07, 6.45) is 7.00. The molecule has 1 unspecified atom stereocenters. The van der Waals surface area contributed by atoms with Crippen LogP contribution in [0, 0.1) is 0 Å². The van der Waals surface area contributed by atoms with Gasteiger partial charge >= 0.3 is 0 Å². The predicted molar refractivity (Wildman–Crippen MR) is 128 cm³/mol. The lowest BCUT2D eigenvalue weighted by Gasteiger charge is -2.45. The number of benzene rings is 1. The first-order valence-electron chi connectivity index (χ1n) is 12.3. The number of hydrogen-bond acceptors (Lipinski definition) is 5. The van der Waals surface area contributed by atoms with E-state index in [-0.39, 0.29) is 31.2 Å². The van der Waals surface area contributed by atoms with Crippen molar-refractivity contribution in [2.45, 2.75) is 63.7 Å². The second-order valence-electron chi connectivity index (χ2n) is 9.83. The molecule has 2 aliphatic heterocycles. The van der Waals surface area contributed by atoms with Crippen LogP contribution in [-0.4, -0.2) is 39.7 Å². The minimum atomic E-state index is -1.09. The molecular formula is C27H29N3O5. The zero-order valence-electron chi connectivity index (χ0n) is 19.8. The summed E-state index contributed by atoms with van der Waals surface area (Å²) in [6, 6.07) is 13.2. The summed E-state index contributed by atoms with van der Waals surface area (Å²) in [5, 5.41) is 3.27. The van der Waals surface area contributed by atoms with E-state index in [9.17, 15) is 9.59 Å². The van der Waals surface area contributed by atoms with Gasteiger partial charge in [0.15, 0.2) is 11.5 Å². The van der Waals surface area contributed by atoms with Crippen LogP contribution in [0.1, 0.15) is 55.1 Å². The van der Waals surface area contributed by atoms with Crippen molar-refractivity contribution in [1.82, 2.24) is 14.8 Å². The largest absolute Gasteiger partial charge is 0.463 e. The van der Waals surface area contributed by atoms with Crippen LogP contribution in [0.5, 0.6) is 11.5 Å². The number of nitrogens with zero attached hydrogens (tertiary/aromatic N) is 2. The van der Waals surface area contributed by atoms with Crippen LogP contribution in [0.25, 0.3) is 11.5 Å². The molecule has 1 aliphatic carbocycles. The molecule has 4 heterocycles. The molecule has 0 bridgehead atoms. The van der Waals surface area contributed by atoms with Crippen LogP contribution in [0.15, 0.2) is 53.1 Å². The molecule has 3 aromatic rings. The highest BCUT2D eigenvalue weighted by atomic mass is 16.7. The Kier molecular flexibility index (Phi) is 5.31. The number of nitrogens with one attached hydrogen (secondary N) is 1. The van der Waals surface area contributed by atoms with E-state index >= 15 is 0 Å². The first-order valence-corrected chi connectivity index (χ1v) is 12.3. The van der Waals surface area contributed by atoms with Gasteiger partial charge < -0.3 is 28.7 Å². The molecule has 2 amide bonds. The number of carbonyl (C=O) groups excluding carboxylic acids is 2. The fraction of sp³-hybridized carbons (Fsp3) is 0.407. The molecule has 1 N–H and O–H groups in total. The molecule has 1 saturated carbocycles. The maximum absolute atomic E-state index is 13.9. The third kappa shape index (κ3) is 3.77. The van der Waals surface area contributed by atoms with Crippen LogP contribution < -0.4 is 14.8 Å². The zero-order chi connectivity index (χ0) is 24.0. The Balaban J connectivity index is 1.37. The van der Waals surface area contributed by atoms with E-state index in [2.05, 4.69) is 5.32 Å². The van der Waals surface area contributed by atoms with Crippen LogP contribution in [0.3, 0.4) is 0 Å². The van der Waals surface area contributed by atoms with Crippen LogP contribution in [0.4, 0.5) is 0 Å². The summed E-state index contributed by atoms with van der Waals surface area (Å²) >= 11 is 0. The number of amides is 2. The smallest absolute Gasteiger partial charge is 0.271 e. The van der Waals surface area contributed by atoms with E-state index in [0.29, 0.717) is 29.5 Å². The van der Waals surface area contributed by atoms with Gasteiger partial charge in [-0.3, -0.25) is 9.59 Å². The summed E-state index contributed by atoms with van der Waals surface area (Å²) in [4.78, 5) is 29.5. The minimum Gasteiger partial charge on any atom is -0.463 e. The van der Waals surface area contributed by atoms with Crippen molar-refractivity contribution in [3.05, 3.63) is 60.0 Å². The molecule has 35 heavy (non-hydrogen) atoms. The van der Waals surface area contributed by atoms with E-state index in [1.165, 1.54) is 6.42 Å². The lowest BCUT2D eigenvalue weighted by atomic mass is 9.91. The van der Waals surface area contributed by atoms with Crippen LogP contribution in [0.2, 0.25) is 0 Å². The molecule has 1 fully saturated rings. The highest BCUT2D eigenvalue weighted by molar-refractivity contribution is 6.00. The van der Waals surface area contributed by atoms with Crippen molar-refractivity contribution < 1.29 is 23.5 Å². The third-order valence-electron chi connectivity index (χ3n) is 7.49. The van der Waals surface area contributed by atoms with E-state index in [4.69, 9.17) is 13.9 Å². The maximum Gasteiger partial charge on any atom is 0.271 e. The Bertz CT molecular complexity index is 1260. The number of aromatic nitrogens is 1. The van der Waals surface area contributed by atoms with Crippen LogP contribution >= 0.6 is 0 Å². The number of ether oxygens (including phenoxy) is 2. The second kappa shape index (κ2) is 8.52. The van der Waals surface area contributed by atoms with Crippen molar-refractivity contribution in [1.29, 1.82) is 0 Å². The molecule has 0 saturated heterocycles. The van der Waals surface area contributed by atoms with Gasteiger partial charge in [0.2, 0.25) is 12.7 Å². The first kappa shape index (κ1) is 21.8. The van der Waals surface area contributed by atoms with E-state index in [1.54, 1.807) is 11.2 Å². The summed E-state index contributed by atoms with van der Waals surface area (Å²) < 4.78 is 18.5. The zero-order valence-corrected chi connectivity index (χ0v) is 19.8. The molecule has 182 valence electrons. The Morgan fingerprint density at radius 2 is 1.86 bits per heavy atom. The number of carbonyl (C=O) groups is 2. The van der Waals surface area contributed by atoms with E-state index in [0.717, 1.165) is 36.9 Å². The molecule has 0 radical (unpaired) electrons. The van der Waals surface area contributed by atoms with Crippen molar-refractivity contribution >= 4 is 11.8 Å². The van der Waals surface area contributed by atoms with Crippen molar-refractivity contribution in [2.75, 3.05) is 6.79 Å². The van der Waals surface area contributed by atoms with Gasteiger partial charge in [0.05, 0.1) is 18.5 Å². The molecule has 8 heteroatoms. The van der Waals surface area contributed by atoms with Crippen molar-refractivity contribution in [3.8, 4) is 23.0 Å². The Hall–Kier alpha value is -3.68. The quantitative estimate of drug-likeness (QED) is 0.593. The van der Waals surface area contributed by atoms with Crippen molar-refractivity contribution in [3.63, 3.8) is 0 Å². The monoisotopic (exact) mass is 475 g/mol. The van der Waals surface area contributed by atoms with Gasteiger partial charge in [-0.1, -0.05) is 25.3 Å². The maximum atomic E-state index is 13.9. The number of fused-ring (bicyclic) bond motifs is 2. The van der Waals surface area contributed by atoms with Gasteiger partial charge in [-0.2, -0.15) is 0 Å². The molecule has 1 atom stereocenters. The van der Waals surface area contributed by atoms with Gasteiger partial charge in [-0.05, 0) is 61.7 Å². The van der Waals surface area contributed by atoms with Crippen molar-refractivity contribution in [2.24, 2.45) is 0 Å². The molecule has 6 rings (SSSR count). The number of rotatable bonds is 5. The Morgan fingerprint density at radius 1 is 1.06 bits per heavy atom. The van der Waals surface area contributed by atoms with Crippen LogP contribution in [-0.2, 0) is 17.9 Å². The molecular weight excluding hydrogens is 446 g/mol. The highest BCUT2D eigenvalue weighted by Gasteiger charge is 2.48. The average molecular weight is 476 g/mol. The molecule has 8 nitrogen and oxygen atoms in total. The summed E-state index contributed by atoms with van der Waals surface area (Å²) in [5.41, 5.74) is 1.13. The Morgan fingerprint density at radius 3 is 2.66 bits per heavy atom. The number of hydrogen-bond donors (Lipinski definition) is 1. The molecule has 0 spiro atoms. The molecule has 2 aromatic heterocycles. The lowest BCUT2D eigenvalue weighted by Crippen LogP contribution is -2.64. The molecule has 3 aliphatic rings.